The van der Waals surface area contributed by atoms with Gasteiger partial charge in [-0.15, -0.1) is 0 Å². The topological polar surface area (TPSA) is 125 Å². The maximum absolute atomic E-state index is 13.3. The Hall–Kier alpha value is -2.28. The van der Waals surface area contributed by atoms with Gasteiger partial charge in [0, 0.05) is 18.0 Å². The van der Waals surface area contributed by atoms with Crippen LogP contribution in [-0.2, 0) is 40.4 Å². The molecule has 2 N–H and O–H groups in total. The highest BCUT2D eigenvalue weighted by atomic mass is 32.2. The Morgan fingerprint density at radius 3 is 2.33 bits per heavy atom. The first-order chi connectivity index (χ1) is 23.1. The zero-order chi connectivity index (χ0) is 34.7. The summed E-state index contributed by atoms with van der Waals surface area (Å²) in [6.45, 7) is 12.4. The number of nitrogens with one attached hydrogen (secondary N) is 1. The molecule has 2 aromatic rings. The van der Waals surface area contributed by atoms with Gasteiger partial charge in [-0.2, -0.15) is 0 Å². The van der Waals surface area contributed by atoms with E-state index in [1.54, 1.807) is 21.0 Å². The SMILES string of the molecule is C/C=S(/c1ccc(OC)cc1)N(CC(C)C)C[C@@H](O)[C@H](Cc1ccc(CP(=O)(OCC)OCC)cc1)NC(=O)O[C@H]1CO[C@H]2OCC[C@H]21. The Morgan fingerprint density at radius 2 is 1.73 bits per heavy atom. The molecule has 48 heavy (non-hydrogen) atoms. The van der Waals surface area contributed by atoms with Crippen LogP contribution in [0.25, 0.3) is 0 Å². The smallest absolute Gasteiger partial charge is 0.407 e. The van der Waals surface area contributed by atoms with Crippen LogP contribution in [0.5, 0.6) is 5.75 Å². The summed E-state index contributed by atoms with van der Waals surface area (Å²) in [5.41, 5.74) is 1.71. The Kier molecular flexibility index (Phi) is 15.0. The van der Waals surface area contributed by atoms with E-state index in [0.29, 0.717) is 38.7 Å². The van der Waals surface area contributed by atoms with Crippen LogP contribution >= 0.6 is 18.3 Å². The summed E-state index contributed by atoms with van der Waals surface area (Å²) in [5, 5.41) is 17.0. The number of amides is 1. The van der Waals surface area contributed by atoms with Crippen LogP contribution in [0.3, 0.4) is 0 Å². The maximum Gasteiger partial charge on any atom is 0.407 e. The molecule has 11 nitrogen and oxygen atoms in total. The van der Waals surface area contributed by atoms with E-state index in [1.807, 2.05) is 43.3 Å². The fourth-order valence-electron chi connectivity index (χ4n) is 6.06. The maximum atomic E-state index is 13.3. The standard InChI is InChI=1S/C35H53N2O9PS/c1-7-44-47(40,45-8-2)24-27-12-10-26(11-13-27)20-31(36-35(39)46-33-23-43-34-30(33)18-19-42-34)32(38)22-37(21-25(4)5)48(9-3)29-16-14-28(41-6)15-17-29/h9-17,25,30-34,38H,7-8,18-24H2,1-6H3,(H,36,39)/t30-,31-,32+,33-,34+,48?/m0/s1. The number of nitrogens with zero attached hydrogens (tertiary/aromatic N) is 1. The van der Waals surface area contributed by atoms with Gasteiger partial charge >= 0.3 is 13.7 Å². The minimum absolute atomic E-state index is 0.00379. The number of carbonyl (C=O) groups excluding carboxylic acids is 1. The van der Waals surface area contributed by atoms with E-state index < -0.39 is 42.6 Å². The number of methoxy groups -OCH3 is 1. The third-order valence-corrected chi connectivity index (χ3v) is 12.4. The average molecular weight is 709 g/mol. The molecule has 0 aromatic heterocycles. The normalized spacial score (nSPS) is 21.3. The van der Waals surface area contributed by atoms with Crippen molar-refractivity contribution >= 4 is 29.7 Å². The van der Waals surface area contributed by atoms with Gasteiger partial charge in [0.25, 0.3) is 0 Å². The first-order valence-electron chi connectivity index (χ1n) is 16.8. The number of benzene rings is 2. The van der Waals surface area contributed by atoms with Crippen molar-refractivity contribution in [2.24, 2.45) is 11.8 Å². The molecule has 6 atom stereocenters. The zero-order valence-corrected chi connectivity index (χ0v) is 30.8. The quantitative estimate of drug-likeness (QED) is 0.136. The van der Waals surface area contributed by atoms with Crippen molar-refractivity contribution in [3.63, 3.8) is 0 Å². The van der Waals surface area contributed by atoms with Gasteiger partial charge in [-0.1, -0.05) is 48.8 Å². The van der Waals surface area contributed by atoms with Gasteiger partial charge in [-0.05, 0) is 80.3 Å². The predicted molar refractivity (Wildman–Crippen MR) is 189 cm³/mol. The third-order valence-electron chi connectivity index (χ3n) is 8.28. The summed E-state index contributed by atoms with van der Waals surface area (Å²) >= 11 is 0. The van der Waals surface area contributed by atoms with Crippen LogP contribution in [0.2, 0.25) is 0 Å². The number of hydrogen-bond acceptors (Lipinski definition) is 10. The number of hydrogen-bond donors (Lipinski definition) is 2. The van der Waals surface area contributed by atoms with Crippen molar-refractivity contribution in [2.75, 3.05) is 46.6 Å². The van der Waals surface area contributed by atoms with E-state index in [4.69, 9.17) is 28.0 Å². The lowest BCUT2D eigenvalue weighted by Crippen LogP contribution is -2.50. The van der Waals surface area contributed by atoms with Crippen molar-refractivity contribution in [3.8, 4) is 5.75 Å². The van der Waals surface area contributed by atoms with Crippen molar-refractivity contribution in [2.45, 2.75) is 83.1 Å². The molecule has 4 rings (SSSR count). The van der Waals surface area contributed by atoms with E-state index in [2.05, 4.69) is 41.0 Å². The Morgan fingerprint density at radius 1 is 1.06 bits per heavy atom. The molecule has 2 fully saturated rings. The number of fused-ring (bicyclic) bond motifs is 1. The van der Waals surface area contributed by atoms with E-state index in [-0.39, 0.29) is 25.0 Å². The molecule has 13 heteroatoms. The highest BCUT2D eigenvalue weighted by Crippen LogP contribution is 2.51. The predicted octanol–water partition coefficient (Wildman–Crippen LogP) is 6.24. The molecule has 2 aliphatic heterocycles. The fourth-order valence-corrected chi connectivity index (χ4v) is 9.82. The summed E-state index contributed by atoms with van der Waals surface area (Å²) in [6.07, 6.45) is -0.995. The monoisotopic (exact) mass is 708 g/mol. The highest BCUT2D eigenvalue weighted by molar-refractivity contribution is 8.13. The lowest BCUT2D eigenvalue weighted by molar-refractivity contribution is -0.0907. The van der Waals surface area contributed by atoms with Gasteiger partial charge in [0.05, 0.1) is 57.8 Å². The van der Waals surface area contributed by atoms with Crippen molar-refractivity contribution in [1.82, 2.24) is 9.62 Å². The molecule has 0 bridgehead atoms. The molecule has 0 radical (unpaired) electrons. The molecule has 0 spiro atoms. The number of alkyl carbamates (subject to hydrolysis) is 1. The summed E-state index contributed by atoms with van der Waals surface area (Å²) in [4.78, 5) is 14.4. The highest BCUT2D eigenvalue weighted by Gasteiger charge is 2.44. The number of carbonyl (C=O) groups is 1. The Balaban J connectivity index is 1.53. The van der Waals surface area contributed by atoms with Gasteiger partial charge in [0.2, 0.25) is 0 Å². The van der Waals surface area contributed by atoms with E-state index in [9.17, 15) is 14.5 Å². The molecule has 1 amide bonds. The lowest BCUT2D eigenvalue weighted by Gasteiger charge is -2.33. The second-order valence-electron chi connectivity index (χ2n) is 12.4. The Bertz CT molecular complexity index is 1370. The first kappa shape index (κ1) is 38.5. The summed E-state index contributed by atoms with van der Waals surface area (Å²) in [7, 11) is -2.03. The van der Waals surface area contributed by atoms with Crippen molar-refractivity contribution < 1.29 is 42.5 Å². The molecular weight excluding hydrogens is 655 g/mol. The van der Waals surface area contributed by atoms with Crippen molar-refractivity contribution in [3.05, 3.63) is 59.7 Å². The van der Waals surface area contributed by atoms with Gasteiger partial charge in [-0.25, -0.2) is 9.10 Å². The van der Waals surface area contributed by atoms with Crippen LogP contribution in [0.4, 0.5) is 4.79 Å². The van der Waals surface area contributed by atoms with Gasteiger partial charge < -0.3 is 38.4 Å². The minimum Gasteiger partial charge on any atom is -0.497 e. The summed E-state index contributed by atoms with van der Waals surface area (Å²) < 4.78 is 48.8. The average Bonchev–Trinajstić information content (AvgIpc) is 3.67. The third kappa shape index (κ3) is 10.9. The van der Waals surface area contributed by atoms with Gasteiger partial charge in [0.1, 0.15) is 11.9 Å². The first-order valence-corrected chi connectivity index (χ1v) is 19.8. The molecule has 0 aliphatic carbocycles. The summed E-state index contributed by atoms with van der Waals surface area (Å²) in [5.74, 6) is 1.12. The minimum atomic E-state index is -3.26. The second kappa shape index (κ2) is 18.6. The van der Waals surface area contributed by atoms with E-state index in [0.717, 1.165) is 34.7 Å². The zero-order valence-electron chi connectivity index (χ0n) is 29.0. The van der Waals surface area contributed by atoms with Crippen molar-refractivity contribution in [1.29, 1.82) is 0 Å². The molecule has 2 heterocycles. The van der Waals surface area contributed by atoms with Crippen LogP contribution in [0.1, 0.15) is 52.2 Å². The van der Waals surface area contributed by atoms with Crippen LogP contribution in [0.15, 0.2) is 53.4 Å². The molecule has 0 saturated carbocycles. The van der Waals surface area contributed by atoms with Crippen LogP contribution in [-0.4, -0.2) is 92.0 Å². The van der Waals surface area contributed by atoms with Gasteiger partial charge in [0.15, 0.2) is 6.29 Å². The number of ether oxygens (including phenoxy) is 4. The molecule has 268 valence electrons. The number of rotatable bonds is 18. The molecule has 2 saturated heterocycles. The van der Waals surface area contributed by atoms with E-state index in [1.165, 1.54) is 0 Å². The van der Waals surface area contributed by atoms with Gasteiger partial charge in [-0.3, -0.25) is 4.57 Å². The summed E-state index contributed by atoms with van der Waals surface area (Å²) in [6, 6.07) is 14.9. The molecule has 2 aromatic carbocycles. The second-order valence-corrected chi connectivity index (χ2v) is 16.5. The van der Waals surface area contributed by atoms with E-state index >= 15 is 0 Å². The number of aliphatic hydroxyl groups is 1. The lowest BCUT2D eigenvalue weighted by atomic mass is 10.00. The Labute approximate surface area is 288 Å². The molecule has 1 unspecified atom stereocenters. The fraction of sp³-hybridized carbons (Fsp3) is 0.600. The molecule has 2 aliphatic rings. The van der Waals surface area contributed by atoms with Crippen LogP contribution in [0, 0.1) is 11.8 Å². The molecular formula is C35H53N2O9PS. The van der Waals surface area contributed by atoms with Crippen LogP contribution < -0.4 is 10.1 Å². The largest absolute Gasteiger partial charge is 0.497 e. The number of aliphatic hydroxyl groups excluding tert-OH is 1.